The second-order valence-corrected chi connectivity index (χ2v) is 19.6. The van der Waals surface area contributed by atoms with Gasteiger partial charge in [0.15, 0.2) is 9.84 Å². The fourth-order valence-electron chi connectivity index (χ4n) is 8.52. The summed E-state index contributed by atoms with van der Waals surface area (Å²) in [6.45, 7) is 5.59. The van der Waals surface area contributed by atoms with E-state index >= 15 is 4.39 Å². The predicted octanol–water partition coefficient (Wildman–Crippen LogP) is 2.29. The molecule has 13 atom stereocenters. The van der Waals surface area contributed by atoms with E-state index in [0.29, 0.717) is 25.9 Å². The summed E-state index contributed by atoms with van der Waals surface area (Å²) < 4.78 is 106. The van der Waals surface area contributed by atoms with Crippen molar-refractivity contribution in [3.63, 3.8) is 0 Å². The molecule has 5 N–H and O–H groups in total. The average molecular weight is 762 g/mol. The summed E-state index contributed by atoms with van der Waals surface area (Å²) in [5.41, 5.74) is 5.99. The molecule has 3 aliphatic heterocycles. The van der Waals surface area contributed by atoms with Crippen molar-refractivity contribution in [1.82, 2.24) is 36.6 Å². The molecule has 0 spiro atoms. The first-order valence-corrected chi connectivity index (χ1v) is 20.3. The molecule has 5 aliphatic rings. The molecule has 13 unspecified atom stereocenters. The van der Waals surface area contributed by atoms with E-state index in [1.807, 2.05) is 0 Å². The molecule has 5 rings (SSSR count). The molecular formula is C32H56F5N7O4S2. The maximum Gasteiger partial charge on any atom is 0.225 e. The largest absolute Gasteiger partial charge is 0.375 e. The van der Waals surface area contributed by atoms with Crippen LogP contribution < -0.4 is 26.8 Å². The number of nitrogens with zero attached hydrogens (tertiary/aromatic N) is 2. The van der Waals surface area contributed by atoms with Gasteiger partial charge < -0.3 is 9.64 Å². The minimum Gasteiger partial charge on any atom is -0.375 e. The number of likely N-dealkylation sites (tertiary alicyclic amines) is 1. The number of sulfone groups is 1. The number of carbonyl (C=O) groups is 1. The van der Waals surface area contributed by atoms with Crippen LogP contribution >= 0.6 is 11.8 Å². The van der Waals surface area contributed by atoms with Gasteiger partial charge >= 0.3 is 0 Å². The zero-order chi connectivity index (χ0) is 36.7. The molecule has 2 aliphatic carbocycles. The van der Waals surface area contributed by atoms with Crippen LogP contribution in [0.25, 0.3) is 0 Å². The molecule has 0 bridgehead atoms. The molecular weight excluding hydrogens is 706 g/mol. The van der Waals surface area contributed by atoms with Crippen molar-refractivity contribution in [2.24, 2.45) is 11.8 Å². The van der Waals surface area contributed by atoms with E-state index in [2.05, 4.69) is 38.6 Å². The number of thioether (sulfide) groups is 1. The Labute approximate surface area is 297 Å². The lowest BCUT2D eigenvalue weighted by Crippen LogP contribution is -2.75. The van der Waals surface area contributed by atoms with Crippen LogP contribution in [0.2, 0.25) is 0 Å². The number of carbonyl (C=O) groups excluding carboxylic acids is 1. The maximum atomic E-state index is 16.0. The van der Waals surface area contributed by atoms with Crippen molar-refractivity contribution in [1.29, 1.82) is 0 Å². The Kier molecular flexibility index (Phi) is 13.1. The van der Waals surface area contributed by atoms with Gasteiger partial charge in [-0.25, -0.2) is 35.8 Å². The number of amides is 1. The molecule has 3 heterocycles. The smallest absolute Gasteiger partial charge is 0.225 e. The molecule has 0 aromatic carbocycles. The molecule has 0 aromatic rings. The Morgan fingerprint density at radius 2 is 1.56 bits per heavy atom. The van der Waals surface area contributed by atoms with E-state index < -0.39 is 73.8 Å². The second kappa shape index (κ2) is 16.2. The molecule has 18 heteroatoms. The summed E-state index contributed by atoms with van der Waals surface area (Å²) in [4.78, 5) is 16.5. The van der Waals surface area contributed by atoms with E-state index in [0.717, 1.165) is 20.3 Å². The molecule has 1 amide bonds. The van der Waals surface area contributed by atoms with Crippen LogP contribution in [0, 0.1) is 11.8 Å². The number of nitrogens with one attached hydrogen (secondary N) is 5. The third-order valence-corrected chi connectivity index (χ3v) is 16.0. The first-order valence-electron chi connectivity index (χ1n) is 17.8. The summed E-state index contributed by atoms with van der Waals surface area (Å²) in [5, 5.41) is 8.85. The minimum atomic E-state index is -4.41. The van der Waals surface area contributed by atoms with Crippen molar-refractivity contribution in [2.75, 3.05) is 34.3 Å². The van der Waals surface area contributed by atoms with Gasteiger partial charge in [-0.3, -0.25) is 31.1 Å². The van der Waals surface area contributed by atoms with Crippen molar-refractivity contribution in [2.45, 2.75) is 148 Å². The van der Waals surface area contributed by atoms with Crippen LogP contribution in [-0.2, 0) is 19.4 Å². The highest BCUT2D eigenvalue weighted by Crippen LogP contribution is 2.47. The first-order chi connectivity index (χ1) is 23.5. The van der Waals surface area contributed by atoms with E-state index in [1.54, 1.807) is 26.1 Å². The van der Waals surface area contributed by atoms with Crippen molar-refractivity contribution in [3.05, 3.63) is 0 Å². The highest BCUT2D eigenvalue weighted by molar-refractivity contribution is 8.00. The fourth-order valence-corrected chi connectivity index (χ4v) is 12.2. The normalized spacial score (nSPS) is 42.8. The van der Waals surface area contributed by atoms with Gasteiger partial charge in [0.05, 0.1) is 28.5 Å². The van der Waals surface area contributed by atoms with Gasteiger partial charge in [-0.1, -0.05) is 0 Å². The average Bonchev–Trinajstić information content (AvgIpc) is 3.48. The van der Waals surface area contributed by atoms with Crippen molar-refractivity contribution in [3.8, 4) is 0 Å². The summed E-state index contributed by atoms with van der Waals surface area (Å²) in [6.07, 6.45) is -11.2. The summed E-state index contributed by atoms with van der Waals surface area (Å²) in [6, 6.07) is 0.245. The van der Waals surface area contributed by atoms with Gasteiger partial charge in [0.2, 0.25) is 5.91 Å². The van der Waals surface area contributed by atoms with Gasteiger partial charge in [0, 0.05) is 63.8 Å². The molecule has 2 saturated carbocycles. The van der Waals surface area contributed by atoms with Crippen LogP contribution in [-0.4, -0.2) is 141 Å². The van der Waals surface area contributed by atoms with Gasteiger partial charge in [0.1, 0.15) is 42.5 Å². The van der Waals surface area contributed by atoms with E-state index in [1.165, 1.54) is 11.8 Å². The SMILES string of the molecule is COC1C(NC2CC(C)NN2)NC(SC2CCC(S(=O)(=O)C(C)(C)C3C(F)C(F)CC(F)C3F)CC2F)NC1N1CCC(C(=O)N(C)C)CC1. The maximum absolute atomic E-state index is 16.0. The first kappa shape index (κ1) is 40.3. The van der Waals surface area contributed by atoms with Gasteiger partial charge in [-0.05, 0) is 59.3 Å². The van der Waals surface area contributed by atoms with Gasteiger partial charge in [-0.2, -0.15) is 0 Å². The summed E-state index contributed by atoms with van der Waals surface area (Å²) >= 11 is 1.32. The third kappa shape index (κ3) is 8.27. The van der Waals surface area contributed by atoms with Gasteiger partial charge in [0.25, 0.3) is 0 Å². The van der Waals surface area contributed by atoms with Crippen LogP contribution in [0.1, 0.15) is 65.7 Å². The van der Waals surface area contributed by atoms with E-state index in [4.69, 9.17) is 4.74 Å². The summed E-state index contributed by atoms with van der Waals surface area (Å²) in [7, 11) is 0.747. The number of rotatable bonds is 10. The number of hydrogen-bond acceptors (Lipinski definition) is 11. The number of hydrogen-bond donors (Lipinski definition) is 5. The number of piperidine rings is 1. The number of methoxy groups -OCH3 is 1. The topological polar surface area (TPSA) is 127 Å². The van der Waals surface area contributed by atoms with Crippen LogP contribution in [0.3, 0.4) is 0 Å². The Hall–Kier alpha value is -0.860. The van der Waals surface area contributed by atoms with Gasteiger partial charge in [-0.15, -0.1) is 11.8 Å². The molecule has 0 radical (unpaired) electrons. The molecule has 0 aromatic heterocycles. The lowest BCUT2D eigenvalue weighted by molar-refractivity contribution is -0.135. The number of ether oxygens (including phenoxy) is 1. The highest BCUT2D eigenvalue weighted by Gasteiger charge is 2.59. The number of halogens is 5. The summed E-state index contributed by atoms with van der Waals surface area (Å²) in [5.74, 6) is -2.00. The molecule has 50 heavy (non-hydrogen) atoms. The van der Waals surface area contributed by atoms with E-state index in [-0.39, 0.29) is 61.7 Å². The van der Waals surface area contributed by atoms with Crippen LogP contribution in [0.5, 0.6) is 0 Å². The second-order valence-electron chi connectivity index (χ2n) is 15.5. The zero-order valence-electron chi connectivity index (χ0n) is 29.8. The monoisotopic (exact) mass is 761 g/mol. The third-order valence-electron chi connectivity index (χ3n) is 11.5. The lowest BCUT2D eigenvalue weighted by atomic mass is 9.76. The standard InChI is InChI=1S/C32H56F5N7O4S2/c1-16-13-23(42-41-16)38-28-27(48-6)29(44-11-9-17(10-12-44)30(45)43(4)5)40-31(39-28)49-22-8-7-18(14-19(22)33)50(46,47)32(2,3)24-25(36)20(34)15-21(35)26(24)37/h16-29,31,38-42H,7-15H2,1-6H3. The quantitative estimate of drug-likeness (QED) is 0.211. The minimum absolute atomic E-state index is 0.0457. The number of alkyl halides is 5. The van der Waals surface area contributed by atoms with Crippen molar-refractivity contribution < 1.29 is 39.9 Å². The fraction of sp³-hybridized carbons (Fsp3) is 0.969. The molecule has 5 fully saturated rings. The molecule has 3 saturated heterocycles. The Bertz CT molecular complexity index is 1260. The lowest BCUT2D eigenvalue weighted by Gasteiger charge is -2.50. The molecule has 290 valence electrons. The van der Waals surface area contributed by atoms with Crippen LogP contribution in [0.15, 0.2) is 0 Å². The van der Waals surface area contributed by atoms with Crippen molar-refractivity contribution >= 4 is 27.5 Å². The Balaban J connectivity index is 1.27. The zero-order valence-corrected chi connectivity index (χ0v) is 31.4. The molecule has 11 nitrogen and oxygen atoms in total. The Morgan fingerprint density at radius 3 is 2.10 bits per heavy atom. The van der Waals surface area contributed by atoms with Crippen LogP contribution in [0.4, 0.5) is 22.0 Å². The highest BCUT2D eigenvalue weighted by atomic mass is 32.2. The Morgan fingerprint density at radius 1 is 0.920 bits per heavy atom. The predicted molar refractivity (Wildman–Crippen MR) is 183 cm³/mol. The number of hydrazine groups is 1. The van der Waals surface area contributed by atoms with E-state index in [9.17, 15) is 30.8 Å².